The van der Waals surface area contributed by atoms with E-state index in [0.29, 0.717) is 12.1 Å². The Bertz CT molecular complexity index is 836. The second kappa shape index (κ2) is 6.34. The summed E-state index contributed by atoms with van der Waals surface area (Å²) in [5, 5.41) is 11.4. The maximum Gasteiger partial charge on any atom is 0.255 e. The molecule has 0 saturated heterocycles. The Morgan fingerprint density at radius 2 is 2.17 bits per heavy atom. The summed E-state index contributed by atoms with van der Waals surface area (Å²) >= 11 is 1.63. The number of nitrogens with zero attached hydrogens (tertiary/aromatic N) is 3. The molecular weight excluding hydrogens is 308 g/mol. The summed E-state index contributed by atoms with van der Waals surface area (Å²) in [4.78, 5) is 16.9. The fourth-order valence-corrected chi connectivity index (χ4v) is 3.25. The van der Waals surface area contributed by atoms with Crippen LogP contribution >= 0.6 is 11.3 Å². The number of aromatic nitrogens is 3. The van der Waals surface area contributed by atoms with Crippen molar-refractivity contribution in [3.8, 4) is 11.3 Å². The van der Waals surface area contributed by atoms with Crippen molar-refractivity contribution in [2.24, 2.45) is 7.05 Å². The lowest BCUT2D eigenvalue weighted by Crippen LogP contribution is -2.24. The van der Waals surface area contributed by atoms with Crippen LogP contribution in [-0.2, 0) is 13.6 Å². The van der Waals surface area contributed by atoms with Gasteiger partial charge in [-0.2, -0.15) is 16.4 Å². The van der Waals surface area contributed by atoms with Crippen LogP contribution < -0.4 is 5.32 Å². The first-order chi connectivity index (χ1) is 11.1. The lowest BCUT2D eigenvalue weighted by molar-refractivity contribution is 0.0949. The Balaban J connectivity index is 1.80. The summed E-state index contributed by atoms with van der Waals surface area (Å²) < 4.78 is 1.73. The highest BCUT2D eigenvalue weighted by Crippen LogP contribution is 2.23. The Hall–Kier alpha value is -2.47. The standard InChI is InChI=1S/C17H18N4OS/c1-11-15(12(2)21(3)20-11)17(22)19-9-13-5-4-7-18-16(13)14-6-8-23-10-14/h4-8,10H,9H2,1-3H3,(H,19,22). The van der Waals surface area contributed by atoms with E-state index in [2.05, 4.69) is 20.8 Å². The number of carbonyl (C=O) groups excluding carboxylic acids is 1. The van der Waals surface area contributed by atoms with Crippen molar-refractivity contribution in [3.63, 3.8) is 0 Å². The quantitative estimate of drug-likeness (QED) is 0.801. The van der Waals surface area contributed by atoms with Gasteiger partial charge >= 0.3 is 0 Å². The second-order valence-corrected chi connectivity index (χ2v) is 6.16. The van der Waals surface area contributed by atoms with Gasteiger partial charge in [-0.1, -0.05) is 6.07 Å². The fraction of sp³-hybridized carbons (Fsp3) is 0.235. The predicted octanol–water partition coefficient (Wildman–Crippen LogP) is 3.09. The van der Waals surface area contributed by atoms with Gasteiger partial charge in [0, 0.05) is 36.4 Å². The molecule has 118 valence electrons. The lowest BCUT2D eigenvalue weighted by Gasteiger charge is -2.09. The van der Waals surface area contributed by atoms with Gasteiger partial charge in [-0.15, -0.1) is 0 Å². The number of hydrogen-bond donors (Lipinski definition) is 1. The smallest absolute Gasteiger partial charge is 0.255 e. The van der Waals surface area contributed by atoms with Crippen LogP contribution in [0.4, 0.5) is 0 Å². The molecule has 0 aliphatic carbocycles. The minimum Gasteiger partial charge on any atom is -0.348 e. The molecule has 0 saturated carbocycles. The number of pyridine rings is 1. The van der Waals surface area contributed by atoms with Crippen LogP contribution in [0.3, 0.4) is 0 Å². The molecule has 0 atom stereocenters. The van der Waals surface area contributed by atoms with Crippen molar-refractivity contribution < 1.29 is 4.79 Å². The van der Waals surface area contributed by atoms with Gasteiger partial charge in [0.25, 0.3) is 5.91 Å². The van der Waals surface area contributed by atoms with E-state index in [1.807, 2.05) is 44.5 Å². The molecular formula is C17H18N4OS. The molecule has 0 bridgehead atoms. The first-order valence-electron chi connectivity index (χ1n) is 7.32. The molecule has 0 unspecified atom stereocenters. The number of nitrogens with one attached hydrogen (secondary N) is 1. The summed E-state index contributed by atoms with van der Waals surface area (Å²) in [6.45, 7) is 4.18. The van der Waals surface area contributed by atoms with E-state index in [4.69, 9.17) is 0 Å². The number of hydrogen-bond acceptors (Lipinski definition) is 4. The van der Waals surface area contributed by atoms with Crippen molar-refractivity contribution in [2.75, 3.05) is 0 Å². The molecule has 3 rings (SSSR count). The minimum absolute atomic E-state index is 0.103. The zero-order chi connectivity index (χ0) is 16.4. The molecule has 3 aromatic rings. The Labute approximate surface area is 139 Å². The van der Waals surface area contributed by atoms with Crippen LogP contribution in [0.2, 0.25) is 0 Å². The van der Waals surface area contributed by atoms with Crippen molar-refractivity contribution in [2.45, 2.75) is 20.4 Å². The molecule has 3 aromatic heterocycles. The third-order valence-electron chi connectivity index (χ3n) is 3.86. The van der Waals surface area contributed by atoms with E-state index >= 15 is 0 Å². The third-order valence-corrected chi connectivity index (χ3v) is 4.54. The molecule has 3 heterocycles. The van der Waals surface area contributed by atoms with Crippen molar-refractivity contribution in [1.29, 1.82) is 0 Å². The van der Waals surface area contributed by atoms with Gasteiger partial charge in [-0.05, 0) is 36.9 Å². The van der Waals surface area contributed by atoms with Crippen molar-refractivity contribution in [1.82, 2.24) is 20.1 Å². The average Bonchev–Trinajstić information content (AvgIpc) is 3.15. The number of aryl methyl sites for hydroxylation is 2. The largest absolute Gasteiger partial charge is 0.348 e. The number of rotatable bonds is 4. The fourth-order valence-electron chi connectivity index (χ4n) is 2.61. The molecule has 0 aromatic carbocycles. The summed E-state index contributed by atoms with van der Waals surface area (Å²) in [6.07, 6.45) is 1.77. The van der Waals surface area contributed by atoms with Gasteiger partial charge in [-0.3, -0.25) is 14.5 Å². The van der Waals surface area contributed by atoms with Crippen LogP contribution in [0.25, 0.3) is 11.3 Å². The molecule has 0 aliphatic heterocycles. The van der Waals surface area contributed by atoms with Gasteiger partial charge in [-0.25, -0.2) is 0 Å². The minimum atomic E-state index is -0.103. The maximum atomic E-state index is 12.5. The zero-order valence-corrected chi connectivity index (χ0v) is 14.1. The van der Waals surface area contributed by atoms with Crippen LogP contribution in [-0.4, -0.2) is 20.7 Å². The second-order valence-electron chi connectivity index (χ2n) is 5.38. The zero-order valence-electron chi connectivity index (χ0n) is 13.3. The highest BCUT2D eigenvalue weighted by Gasteiger charge is 2.17. The monoisotopic (exact) mass is 326 g/mol. The first-order valence-corrected chi connectivity index (χ1v) is 8.27. The molecule has 1 amide bonds. The van der Waals surface area contributed by atoms with Crippen LogP contribution in [0, 0.1) is 13.8 Å². The van der Waals surface area contributed by atoms with E-state index in [1.54, 1.807) is 22.2 Å². The molecule has 0 fully saturated rings. The molecule has 23 heavy (non-hydrogen) atoms. The van der Waals surface area contributed by atoms with Crippen LogP contribution in [0.1, 0.15) is 27.3 Å². The Morgan fingerprint density at radius 3 is 2.83 bits per heavy atom. The summed E-state index contributed by atoms with van der Waals surface area (Å²) in [6, 6.07) is 5.91. The van der Waals surface area contributed by atoms with Gasteiger partial charge in [0.2, 0.25) is 0 Å². The van der Waals surface area contributed by atoms with E-state index in [0.717, 1.165) is 28.2 Å². The number of thiophene rings is 1. The SMILES string of the molecule is Cc1nn(C)c(C)c1C(=O)NCc1cccnc1-c1ccsc1. The first kappa shape index (κ1) is 15.4. The maximum absolute atomic E-state index is 12.5. The van der Waals surface area contributed by atoms with Gasteiger partial charge < -0.3 is 5.32 Å². The Morgan fingerprint density at radius 1 is 1.35 bits per heavy atom. The lowest BCUT2D eigenvalue weighted by atomic mass is 10.1. The van der Waals surface area contributed by atoms with Crippen LogP contribution in [0.5, 0.6) is 0 Å². The molecule has 0 spiro atoms. The number of amides is 1. The number of carbonyl (C=O) groups is 1. The van der Waals surface area contributed by atoms with E-state index in [1.165, 1.54) is 0 Å². The van der Waals surface area contributed by atoms with E-state index in [9.17, 15) is 4.79 Å². The Kier molecular flexibility index (Phi) is 4.25. The third kappa shape index (κ3) is 3.03. The highest BCUT2D eigenvalue weighted by atomic mass is 32.1. The van der Waals surface area contributed by atoms with Gasteiger partial charge in [0.1, 0.15) is 0 Å². The summed E-state index contributed by atoms with van der Waals surface area (Å²) in [5.41, 5.74) is 5.24. The summed E-state index contributed by atoms with van der Waals surface area (Å²) in [5.74, 6) is -0.103. The highest BCUT2D eigenvalue weighted by molar-refractivity contribution is 7.08. The molecule has 0 aliphatic rings. The van der Waals surface area contributed by atoms with Gasteiger partial charge in [0.05, 0.1) is 17.0 Å². The van der Waals surface area contributed by atoms with Gasteiger partial charge in [0.15, 0.2) is 0 Å². The molecule has 0 radical (unpaired) electrons. The topological polar surface area (TPSA) is 59.8 Å². The predicted molar refractivity (Wildman–Crippen MR) is 91.4 cm³/mol. The molecule has 1 N–H and O–H groups in total. The molecule has 6 heteroatoms. The van der Waals surface area contributed by atoms with Crippen LogP contribution in [0.15, 0.2) is 35.2 Å². The summed E-state index contributed by atoms with van der Waals surface area (Å²) in [7, 11) is 1.84. The normalized spacial score (nSPS) is 10.7. The average molecular weight is 326 g/mol. The van der Waals surface area contributed by atoms with Crippen molar-refractivity contribution >= 4 is 17.2 Å². The molecule has 5 nitrogen and oxygen atoms in total. The van der Waals surface area contributed by atoms with Crippen molar-refractivity contribution in [3.05, 3.63) is 57.7 Å². The van der Waals surface area contributed by atoms with E-state index in [-0.39, 0.29) is 5.91 Å². The van der Waals surface area contributed by atoms with E-state index < -0.39 is 0 Å².